The van der Waals surface area contributed by atoms with E-state index in [0.29, 0.717) is 37.1 Å². The van der Waals surface area contributed by atoms with Gasteiger partial charge in [-0.3, -0.25) is 9.78 Å². The van der Waals surface area contributed by atoms with E-state index in [4.69, 9.17) is 19.4 Å². The van der Waals surface area contributed by atoms with Crippen LogP contribution in [0.3, 0.4) is 0 Å². The van der Waals surface area contributed by atoms with Crippen LogP contribution < -0.4 is 9.64 Å². The Balaban J connectivity index is 1.67. The maximum Gasteiger partial charge on any atom is 0.248 e. The molecule has 2 aliphatic rings. The fraction of sp³-hybridized carbons (Fsp3) is 0.474. The lowest BCUT2D eigenvalue weighted by molar-refractivity contribution is -0.136. The Labute approximate surface area is 158 Å². The molecule has 142 valence electrons. The number of ether oxygens (including phenoxy) is 2. The summed E-state index contributed by atoms with van der Waals surface area (Å²) in [5.74, 6) is 1.85. The average Bonchev–Trinajstić information content (AvgIpc) is 3.23. The number of aromatic nitrogens is 3. The lowest BCUT2D eigenvalue weighted by Gasteiger charge is -2.29. The number of fused-ring (bicyclic) bond motifs is 1. The number of carbonyl (C=O) groups excluding carboxylic acids is 1. The monoisotopic (exact) mass is 369 g/mol. The second-order valence-electron chi connectivity index (χ2n) is 6.74. The van der Waals surface area contributed by atoms with Gasteiger partial charge < -0.3 is 19.3 Å². The molecule has 0 aliphatic carbocycles. The highest BCUT2D eigenvalue weighted by Gasteiger charge is 2.28. The molecular weight excluding hydrogens is 346 g/mol. The quantitative estimate of drug-likeness (QED) is 0.795. The van der Waals surface area contributed by atoms with E-state index >= 15 is 0 Å². The van der Waals surface area contributed by atoms with Crippen LogP contribution in [0, 0.1) is 0 Å². The molecule has 8 heteroatoms. The van der Waals surface area contributed by atoms with Crippen molar-refractivity contribution in [2.45, 2.75) is 25.8 Å². The van der Waals surface area contributed by atoms with Crippen LogP contribution in [0.1, 0.15) is 24.1 Å². The van der Waals surface area contributed by atoms with Crippen molar-refractivity contribution in [1.29, 1.82) is 0 Å². The van der Waals surface area contributed by atoms with Crippen molar-refractivity contribution in [3.8, 4) is 11.6 Å². The number of anilines is 1. The highest BCUT2D eigenvalue weighted by atomic mass is 16.5. The minimum Gasteiger partial charge on any atom is -0.437 e. The molecule has 4 rings (SSSR count). The van der Waals surface area contributed by atoms with E-state index in [9.17, 15) is 4.79 Å². The van der Waals surface area contributed by atoms with Crippen LogP contribution >= 0.6 is 0 Å². The molecule has 0 aromatic carbocycles. The van der Waals surface area contributed by atoms with Gasteiger partial charge in [0.15, 0.2) is 0 Å². The van der Waals surface area contributed by atoms with Crippen LogP contribution in [0.2, 0.25) is 0 Å². The topological polar surface area (TPSA) is 80.7 Å². The van der Waals surface area contributed by atoms with Gasteiger partial charge in [-0.25, -0.2) is 4.98 Å². The molecule has 0 spiro atoms. The van der Waals surface area contributed by atoms with E-state index < -0.39 is 0 Å². The Morgan fingerprint density at radius 3 is 2.81 bits per heavy atom. The second kappa shape index (κ2) is 7.87. The number of methoxy groups -OCH3 is 1. The summed E-state index contributed by atoms with van der Waals surface area (Å²) in [7, 11) is 1.53. The number of nitrogens with zero attached hydrogens (tertiary/aromatic N) is 5. The number of carbonyl (C=O) groups is 1. The van der Waals surface area contributed by atoms with Crippen LogP contribution in [-0.4, -0.2) is 59.1 Å². The highest BCUT2D eigenvalue weighted by Crippen LogP contribution is 2.31. The van der Waals surface area contributed by atoms with E-state index in [1.807, 2.05) is 12.1 Å². The molecule has 1 saturated heterocycles. The summed E-state index contributed by atoms with van der Waals surface area (Å²) < 4.78 is 11.0. The summed E-state index contributed by atoms with van der Waals surface area (Å²) in [6, 6.07) is 3.68. The van der Waals surface area contributed by atoms with Crippen LogP contribution in [0.25, 0.3) is 0 Å². The van der Waals surface area contributed by atoms with Crippen LogP contribution in [0.5, 0.6) is 11.6 Å². The first-order chi connectivity index (χ1) is 13.2. The molecule has 1 amide bonds. The average molecular weight is 369 g/mol. The summed E-state index contributed by atoms with van der Waals surface area (Å²) in [5, 5.41) is 0. The first kappa shape index (κ1) is 17.7. The fourth-order valence-corrected chi connectivity index (χ4v) is 3.47. The Morgan fingerprint density at radius 1 is 1.22 bits per heavy atom. The molecule has 2 aliphatic heterocycles. The van der Waals surface area contributed by atoms with Gasteiger partial charge in [0.05, 0.1) is 18.4 Å². The second-order valence-corrected chi connectivity index (χ2v) is 6.74. The summed E-state index contributed by atoms with van der Waals surface area (Å²) in [6.45, 7) is 3.02. The van der Waals surface area contributed by atoms with Gasteiger partial charge in [-0.05, 0) is 31.4 Å². The summed E-state index contributed by atoms with van der Waals surface area (Å²) in [6.07, 6.45) is 6.30. The van der Waals surface area contributed by atoms with Crippen molar-refractivity contribution in [2.24, 2.45) is 0 Å². The van der Waals surface area contributed by atoms with Crippen LogP contribution in [-0.2, 0) is 22.5 Å². The van der Waals surface area contributed by atoms with Crippen LogP contribution in [0.4, 0.5) is 5.95 Å². The third-order valence-electron chi connectivity index (χ3n) is 4.87. The zero-order chi connectivity index (χ0) is 18.6. The number of pyridine rings is 1. The molecule has 0 unspecified atom stereocenters. The SMILES string of the molecule is COCC(=O)N1CCc2c(nc(N3CCCC3)nc2Oc2cccnc2)C1. The summed E-state index contributed by atoms with van der Waals surface area (Å²) >= 11 is 0. The summed E-state index contributed by atoms with van der Waals surface area (Å²) in [5.41, 5.74) is 1.81. The van der Waals surface area contributed by atoms with E-state index in [0.717, 1.165) is 37.2 Å². The molecule has 0 N–H and O–H groups in total. The number of hydrogen-bond donors (Lipinski definition) is 0. The zero-order valence-corrected chi connectivity index (χ0v) is 15.4. The van der Waals surface area contributed by atoms with Gasteiger partial charge in [0, 0.05) is 38.5 Å². The van der Waals surface area contributed by atoms with Crippen molar-refractivity contribution in [3.63, 3.8) is 0 Å². The number of amides is 1. The molecule has 0 radical (unpaired) electrons. The minimum absolute atomic E-state index is 0.0285. The molecule has 0 atom stereocenters. The van der Waals surface area contributed by atoms with Crippen molar-refractivity contribution in [2.75, 3.05) is 38.3 Å². The van der Waals surface area contributed by atoms with E-state index in [1.165, 1.54) is 7.11 Å². The zero-order valence-electron chi connectivity index (χ0n) is 15.4. The van der Waals surface area contributed by atoms with Crippen LogP contribution in [0.15, 0.2) is 24.5 Å². The van der Waals surface area contributed by atoms with Gasteiger partial charge in [-0.15, -0.1) is 0 Å². The molecular formula is C19H23N5O3. The molecule has 2 aromatic rings. The standard InChI is InChI=1S/C19H23N5O3/c1-26-13-17(25)24-10-6-15-16(12-24)21-19(23-8-2-3-9-23)22-18(15)27-14-5-4-7-20-11-14/h4-5,7,11H,2-3,6,8-10,12-13H2,1H3. The predicted octanol–water partition coefficient (Wildman–Crippen LogP) is 1.80. The number of rotatable bonds is 5. The highest BCUT2D eigenvalue weighted by molar-refractivity contribution is 5.77. The Kier molecular flexibility index (Phi) is 5.15. The van der Waals surface area contributed by atoms with Gasteiger partial charge in [-0.1, -0.05) is 0 Å². The van der Waals surface area contributed by atoms with Gasteiger partial charge in [0.25, 0.3) is 0 Å². The Morgan fingerprint density at radius 2 is 2.07 bits per heavy atom. The molecule has 27 heavy (non-hydrogen) atoms. The molecule has 0 bridgehead atoms. The first-order valence-corrected chi connectivity index (χ1v) is 9.24. The maximum absolute atomic E-state index is 12.2. The van der Waals surface area contributed by atoms with E-state index in [1.54, 1.807) is 17.3 Å². The van der Waals surface area contributed by atoms with Gasteiger partial charge in [0.1, 0.15) is 12.4 Å². The van der Waals surface area contributed by atoms with E-state index in [2.05, 4.69) is 9.88 Å². The number of hydrogen-bond acceptors (Lipinski definition) is 7. The Hall–Kier alpha value is -2.74. The van der Waals surface area contributed by atoms with Gasteiger partial charge in [0.2, 0.25) is 17.7 Å². The van der Waals surface area contributed by atoms with Crippen molar-refractivity contribution in [3.05, 3.63) is 35.8 Å². The lowest BCUT2D eigenvalue weighted by atomic mass is 10.1. The summed E-state index contributed by atoms with van der Waals surface area (Å²) in [4.78, 5) is 29.8. The maximum atomic E-state index is 12.2. The fourth-order valence-electron chi connectivity index (χ4n) is 3.47. The third-order valence-corrected chi connectivity index (χ3v) is 4.87. The van der Waals surface area contributed by atoms with Crippen molar-refractivity contribution >= 4 is 11.9 Å². The first-order valence-electron chi connectivity index (χ1n) is 9.24. The molecule has 1 fully saturated rings. The van der Waals surface area contributed by atoms with E-state index in [-0.39, 0.29) is 12.5 Å². The van der Waals surface area contributed by atoms with Gasteiger partial charge in [-0.2, -0.15) is 4.98 Å². The molecule has 8 nitrogen and oxygen atoms in total. The smallest absolute Gasteiger partial charge is 0.248 e. The Bertz CT molecular complexity index is 808. The third kappa shape index (κ3) is 3.85. The van der Waals surface area contributed by atoms with Gasteiger partial charge >= 0.3 is 0 Å². The largest absolute Gasteiger partial charge is 0.437 e. The molecule has 0 saturated carbocycles. The molecule has 2 aromatic heterocycles. The lowest BCUT2D eigenvalue weighted by Crippen LogP contribution is -2.39. The molecule has 4 heterocycles. The predicted molar refractivity (Wildman–Crippen MR) is 98.8 cm³/mol. The van der Waals surface area contributed by atoms with Crippen molar-refractivity contribution < 1.29 is 14.3 Å². The normalized spacial score (nSPS) is 16.3. The minimum atomic E-state index is -0.0285. The van der Waals surface area contributed by atoms with Crippen molar-refractivity contribution in [1.82, 2.24) is 19.9 Å².